The van der Waals surface area contributed by atoms with Crippen LogP contribution in [0.5, 0.6) is 0 Å². The van der Waals surface area contributed by atoms with Gasteiger partial charge in [-0.3, -0.25) is 0 Å². The fourth-order valence-corrected chi connectivity index (χ4v) is 2.02. The van der Waals surface area contributed by atoms with Gasteiger partial charge in [0.25, 0.3) is 0 Å². The third-order valence-corrected chi connectivity index (χ3v) is 3.15. The van der Waals surface area contributed by atoms with Crippen LogP contribution in [0.3, 0.4) is 0 Å². The molecule has 2 aromatic rings. The number of aryl methyl sites for hydroxylation is 1. The van der Waals surface area contributed by atoms with Gasteiger partial charge in [0.05, 0.1) is 0 Å². The Morgan fingerprint density at radius 2 is 1.94 bits per heavy atom. The SMILES string of the molecule is Cc1ccccc1-c1nc(N)cc(C2CC2)n1. The number of nitrogens with two attached hydrogens (primary N) is 1. The van der Waals surface area contributed by atoms with Gasteiger partial charge in [-0.05, 0) is 25.3 Å². The Morgan fingerprint density at radius 1 is 1.18 bits per heavy atom. The highest BCUT2D eigenvalue weighted by molar-refractivity contribution is 5.61. The van der Waals surface area contributed by atoms with E-state index in [2.05, 4.69) is 23.0 Å². The maximum Gasteiger partial charge on any atom is 0.162 e. The van der Waals surface area contributed by atoms with E-state index in [9.17, 15) is 0 Å². The fourth-order valence-electron chi connectivity index (χ4n) is 2.02. The Hall–Kier alpha value is -1.90. The third-order valence-electron chi connectivity index (χ3n) is 3.15. The van der Waals surface area contributed by atoms with Crippen molar-refractivity contribution in [3.05, 3.63) is 41.6 Å². The molecule has 0 bridgehead atoms. The van der Waals surface area contributed by atoms with Crippen LogP contribution in [-0.4, -0.2) is 9.97 Å². The normalized spacial score (nSPS) is 14.9. The number of hydrogen-bond donors (Lipinski definition) is 1. The highest BCUT2D eigenvalue weighted by Gasteiger charge is 2.26. The maximum absolute atomic E-state index is 5.86. The number of benzene rings is 1. The summed E-state index contributed by atoms with van der Waals surface area (Å²) in [6, 6.07) is 10.0. The quantitative estimate of drug-likeness (QED) is 0.855. The van der Waals surface area contributed by atoms with Crippen molar-refractivity contribution in [2.45, 2.75) is 25.7 Å². The first-order valence-electron chi connectivity index (χ1n) is 5.94. The molecule has 1 aliphatic carbocycles. The molecular weight excluding hydrogens is 210 g/mol. The second kappa shape index (κ2) is 3.84. The number of nitrogens with zero attached hydrogens (tertiary/aromatic N) is 2. The summed E-state index contributed by atoms with van der Waals surface area (Å²) in [6.07, 6.45) is 2.45. The van der Waals surface area contributed by atoms with Crippen molar-refractivity contribution < 1.29 is 0 Å². The molecule has 17 heavy (non-hydrogen) atoms. The van der Waals surface area contributed by atoms with Crippen molar-refractivity contribution in [2.75, 3.05) is 5.73 Å². The first kappa shape index (κ1) is 10.3. The van der Waals surface area contributed by atoms with Crippen molar-refractivity contribution in [3.63, 3.8) is 0 Å². The first-order chi connectivity index (χ1) is 8.24. The van der Waals surface area contributed by atoms with Gasteiger partial charge in [0.15, 0.2) is 5.82 Å². The number of hydrogen-bond acceptors (Lipinski definition) is 3. The summed E-state index contributed by atoms with van der Waals surface area (Å²) in [5.74, 6) is 1.92. The van der Waals surface area contributed by atoms with Crippen LogP contribution in [0.25, 0.3) is 11.4 Å². The van der Waals surface area contributed by atoms with Crippen LogP contribution >= 0.6 is 0 Å². The molecule has 3 nitrogen and oxygen atoms in total. The molecule has 0 saturated heterocycles. The molecule has 3 rings (SSSR count). The lowest BCUT2D eigenvalue weighted by Crippen LogP contribution is -2.00. The molecule has 0 radical (unpaired) electrons. The molecule has 2 N–H and O–H groups in total. The molecule has 1 aliphatic rings. The second-order valence-electron chi connectivity index (χ2n) is 4.63. The van der Waals surface area contributed by atoms with E-state index in [4.69, 9.17) is 5.73 Å². The van der Waals surface area contributed by atoms with Gasteiger partial charge in [0, 0.05) is 23.2 Å². The van der Waals surface area contributed by atoms with Crippen molar-refractivity contribution >= 4 is 5.82 Å². The van der Waals surface area contributed by atoms with Crippen LogP contribution < -0.4 is 5.73 Å². The van der Waals surface area contributed by atoms with Gasteiger partial charge in [-0.1, -0.05) is 24.3 Å². The van der Waals surface area contributed by atoms with Crippen molar-refractivity contribution in [3.8, 4) is 11.4 Å². The van der Waals surface area contributed by atoms with Gasteiger partial charge in [0.1, 0.15) is 5.82 Å². The molecular formula is C14H15N3. The molecule has 1 saturated carbocycles. The summed E-state index contributed by atoms with van der Waals surface area (Å²) in [4.78, 5) is 8.98. The summed E-state index contributed by atoms with van der Waals surface area (Å²) >= 11 is 0. The van der Waals surface area contributed by atoms with Crippen LogP contribution in [0.4, 0.5) is 5.82 Å². The third kappa shape index (κ3) is 2.00. The summed E-state index contributed by atoms with van der Waals surface area (Å²) in [7, 11) is 0. The predicted molar refractivity (Wildman–Crippen MR) is 68.6 cm³/mol. The molecule has 1 fully saturated rings. The number of rotatable bonds is 2. The molecule has 86 valence electrons. The van der Waals surface area contributed by atoms with Crippen molar-refractivity contribution in [2.24, 2.45) is 0 Å². The Kier molecular flexibility index (Phi) is 2.32. The van der Waals surface area contributed by atoms with Crippen molar-refractivity contribution in [1.82, 2.24) is 9.97 Å². The Labute approximate surface area is 101 Å². The molecule has 1 heterocycles. The largest absolute Gasteiger partial charge is 0.384 e. The van der Waals surface area contributed by atoms with Gasteiger partial charge in [-0.25, -0.2) is 9.97 Å². The van der Waals surface area contributed by atoms with E-state index >= 15 is 0 Å². The minimum atomic E-state index is 0.570. The Balaban J connectivity index is 2.11. The lowest BCUT2D eigenvalue weighted by Gasteiger charge is -2.07. The van der Waals surface area contributed by atoms with Crippen LogP contribution in [-0.2, 0) is 0 Å². The minimum absolute atomic E-state index is 0.570. The lowest BCUT2D eigenvalue weighted by atomic mass is 10.1. The number of nitrogen functional groups attached to an aromatic ring is 1. The van der Waals surface area contributed by atoms with E-state index in [1.54, 1.807) is 0 Å². The monoisotopic (exact) mass is 225 g/mol. The minimum Gasteiger partial charge on any atom is -0.384 e. The molecule has 1 aromatic carbocycles. The van der Waals surface area contributed by atoms with Crippen LogP contribution in [0, 0.1) is 6.92 Å². The predicted octanol–water partition coefficient (Wildman–Crippen LogP) is 2.91. The Morgan fingerprint density at radius 3 is 2.65 bits per heavy atom. The topological polar surface area (TPSA) is 51.8 Å². The molecule has 3 heteroatoms. The average molecular weight is 225 g/mol. The highest BCUT2D eigenvalue weighted by Crippen LogP contribution is 2.40. The van der Waals surface area contributed by atoms with E-state index in [1.807, 2.05) is 24.3 Å². The standard InChI is InChI=1S/C14H15N3/c1-9-4-2-3-5-11(9)14-16-12(10-6-7-10)8-13(15)17-14/h2-5,8,10H,6-7H2,1H3,(H2,15,16,17). The molecule has 0 atom stereocenters. The molecule has 0 spiro atoms. The molecule has 0 aliphatic heterocycles. The number of aromatic nitrogens is 2. The zero-order valence-corrected chi connectivity index (χ0v) is 9.85. The Bertz CT molecular complexity index is 559. The van der Waals surface area contributed by atoms with Crippen LogP contribution in [0.1, 0.15) is 30.0 Å². The van der Waals surface area contributed by atoms with Gasteiger partial charge in [-0.2, -0.15) is 0 Å². The van der Waals surface area contributed by atoms with Crippen LogP contribution in [0.2, 0.25) is 0 Å². The highest BCUT2D eigenvalue weighted by atomic mass is 15.0. The van der Waals surface area contributed by atoms with Crippen LogP contribution in [0.15, 0.2) is 30.3 Å². The summed E-state index contributed by atoms with van der Waals surface area (Å²) < 4.78 is 0. The molecule has 0 unspecified atom stereocenters. The van der Waals surface area contributed by atoms with E-state index in [0.717, 1.165) is 17.1 Å². The summed E-state index contributed by atoms with van der Waals surface area (Å²) in [5, 5.41) is 0. The smallest absolute Gasteiger partial charge is 0.162 e. The molecule has 0 amide bonds. The number of anilines is 1. The zero-order chi connectivity index (χ0) is 11.8. The second-order valence-corrected chi connectivity index (χ2v) is 4.63. The van der Waals surface area contributed by atoms with Crippen molar-refractivity contribution in [1.29, 1.82) is 0 Å². The fraction of sp³-hybridized carbons (Fsp3) is 0.286. The van der Waals surface area contributed by atoms with E-state index in [1.165, 1.54) is 18.4 Å². The summed E-state index contributed by atoms with van der Waals surface area (Å²) in [6.45, 7) is 2.07. The zero-order valence-electron chi connectivity index (χ0n) is 9.85. The average Bonchev–Trinajstić information content (AvgIpc) is 3.12. The van der Waals surface area contributed by atoms with E-state index in [0.29, 0.717) is 11.7 Å². The van der Waals surface area contributed by atoms with Gasteiger partial charge in [0.2, 0.25) is 0 Å². The van der Waals surface area contributed by atoms with E-state index in [-0.39, 0.29) is 0 Å². The maximum atomic E-state index is 5.86. The summed E-state index contributed by atoms with van der Waals surface area (Å²) in [5.41, 5.74) is 9.21. The lowest BCUT2D eigenvalue weighted by molar-refractivity contribution is 0.997. The van der Waals surface area contributed by atoms with Gasteiger partial charge in [-0.15, -0.1) is 0 Å². The first-order valence-corrected chi connectivity index (χ1v) is 5.94. The van der Waals surface area contributed by atoms with Gasteiger partial charge < -0.3 is 5.73 Å². The molecule has 1 aromatic heterocycles. The van der Waals surface area contributed by atoms with Gasteiger partial charge >= 0.3 is 0 Å². The van der Waals surface area contributed by atoms with E-state index < -0.39 is 0 Å².